The molecule has 2 aromatic heterocycles. The van der Waals surface area contributed by atoms with Crippen molar-refractivity contribution in [1.29, 1.82) is 0 Å². The zero-order valence-corrected chi connectivity index (χ0v) is 18.9. The standard InChI is InChI=1S/C23H25BrN4O2/c1-3-4-5-20-19(12-15-6-10-17(24)11-7-15)22(29)28(21(27-20)16-8-9-16)23-25-13-18(30-2)14-26-23/h6-7,10-11,13-14,16H,3-5,8-9,12H2,1-2H3. The van der Waals surface area contributed by atoms with Crippen LogP contribution in [-0.4, -0.2) is 26.6 Å². The molecule has 4 rings (SSSR count). The predicted octanol–water partition coefficient (Wildman–Crippen LogP) is 4.60. The molecule has 0 radical (unpaired) electrons. The van der Waals surface area contributed by atoms with Crippen molar-refractivity contribution < 1.29 is 4.74 Å². The van der Waals surface area contributed by atoms with Gasteiger partial charge in [-0.1, -0.05) is 41.4 Å². The van der Waals surface area contributed by atoms with E-state index in [9.17, 15) is 4.79 Å². The fraction of sp³-hybridized carbons (Fsp3) is 0.391. The Morgan fingerprint density at radius 2 is 1.87 bits per heavy atom. The molecule has 0 amide bonds. The molecule has 7 heteroatoms. The van der Waals surface area contributed by atoms with Gasteiger partial charge in [0.05, 0.1) is 25.2 Å². The number of aryl methyl sites for hydroxylation is 1. The van der Waals surface area contributed by atoms with E-state index in [2.05, 4.69) is 32.8 Å². The van der Waals surface area contributed by atoms with Gasteiger partial charge >= 0.3 is 0 Å². The lowest BCUT2D eigenvalue weighted by molar-refractivity contribution is 0.410. The molecule has 1 aromatic carbocycles. The maximum absolute atomic E-state index is 13.7. The lowest BCUT2D eigenvalue weighted by Crippen LogP contribution is -2.30. The third-order valence-corrected chi connectivity index (χ3v) is 5.87. The molecule has 0 bridgehead atoms. The van der Waals surface area contributed by atoms with Gasteiger partial charge in [0.25, 0.3) is 5.56 Å². The van der Waals surface area contributed by atoms with Gasteiger partial charge in [-0.25, -0.2) is 19.5 Å². The third kappa shape index (κ3) is 4.46. The highest BCUT2D eigenvalue weighted by molar-refractivity contribution is 9.10. The predicted molar refractivity (Wildman–Crippen MR) is 120 cm³/mol. The summed E-state index contributed by atoms with van der Waals surface area (Å²) in [5.74, 6) is 2.00. The van der Waals surface area contributed by atoms with E-state index >= 15 is 0 Å². The molecule has 0 spiro atoms. The van der Waals surface area contributed by atoms with Gasteiger partial charge in [0, 0.05) is 22.4 Å². The Hall–Kier alpha value is -2.54. The summed E-state index contributed by atoms with van der Waals surface area (Å²) in [7, 11) is 1.57. The summed E-state index contributed by atoms with van der Waals surface area (Å²) >= 11 is 3.48. The van der Waals surface area contributed by atoms with Crippen LogP contribution in [0.4, 0.5) is 0 Å². The van der Waals surface area contributed by atoms with E-state index in [-0.39, 0.29) is 5.56 Å². The van der Waals surface area contributed by atoms with E-state index in [1.54, 1.807) is 24.1 Å². The summed E-state index contributed by atoms with van der Waals surface area (Å²) in [5, 5.41) is 0. The molecule has 0 aliphatic heterocycles. The first-order chi connectivity index (χ1) is 14.6. The van der Waals surface area contributed by atoms with Crippen molar-refractivity contribution in [3.63, 3.8) is 0 Å². The summed E-state index contributed by atoms with van der Waals surface area (Å²) in [6.07, 6.45) is 8.68. The molecule has 0 unspecified atom stereocenters. The molecule has 6 nitrogen and oxygen atoms in total. The van der Waals surface area contributed by atoms with Crippen LogP contribution in [0.5, 0.6) is 5.75 Å². The van der Waals surface area contributed by atoms with Gasteiger partial charge in [0.15, 0.2) is 5.75 Å². The molecule has 30 heavy (non-hydrogen) atoms. The zero-order valence-electron chi connectivity index (χ0n) is 17.3. The van der Waals surface area contributed by atoms with Crippen LogP contribution in [0.2, 0.25) is 0 Å². The van der Waals surface area contributed by atoms with Gasteiger partial charge < -0.3 is 4.74 Å². The van der Waals surface area contributed by atoms with E-state index in [1.807, 2.05) is 24.3 Å². The minimum absolute atomic E-state index is 0.0638. The van der Waals surface area contributed by atoms with Crippen molar-refractivity contribution in [2.24, 2.45) is 0 Å². The van der Waals surface area contributed by atoms with E-state index < -0.39 is 0 Å². The summed E-state index contributed by atoms with van der Waals surface area (Å²) in [6.45, 7) is 2.16. The van der Waals surface area contributed by atoms with Crippen LogP contribution < -0.4 is 10.3 Å². The second kappa shape index (κ2) is 9.08. The van der Waals surface area contributed by atoms with Crippen LogP contribution >= 0.6 is 15.9 Å². The molecule has 0 saturated heterocycles. The average molecular weight is 469 g/mol. The number of methoxy groups -OCH3 is 1. The van der Waals surface area contributed by atoms with Crippen molar-refractivity contribution in [1.82, 2.24) is 19.5 Å². The Morgan fingerprint density at radius 3 is 2.47 bits per heavy atom. The van der Waals surface area contributed by atoms with Gasteiger partial charge in [-0.05, 0) is 43.4 Å². The van der Waals surface area contributed by atoms with Crippen molar-refractivity contribution in [2.75, 3.05) is 7.11 Å². The van der Waals surface area contributed by atoms with Gasteiger partial charge in [-0.2, -0.15) is 0 Å². The minimum Gasteiger partial charge on any atom is -0.494 e. The second-order valence-electron chi connectivity index (χ2n) is 7.64. The highest BCUT2D eigenvalue weighted by Crippen LogP contribution is 2.39. The fourth-order valence-corrected chi connectivity index (χ4v) is 3.76. The van der Waals surface area contributed by atoms with Gasteiger partial charge in [0.2, 0.25) is 5.95 Å². The van der Waals surface area contributed by atoms with Gasteiger partial charge in [-0.15, -0.1) is 0 Å². The number of ether oxygens (including phenoxy) is 1. The molecule has 0 N–H and O–H groups in total. The lowest BCUT2D eigenvalue weighted by atomic mass is 10.0. The number of hydrogen-bond acceptors (Lipinski definition) is 5. The van der Waals surface area contributed by atoms with Crippen LogP contribution in [0.1, 0.15) is 61.2 Å². The van der Waals surface area contributed by atoms with Crippen LogP contribution in [0.15, 0.2) is 45.9 Å². The molecule has 3 aromatic rings. The maximum Gasteiger partial charge on any atom is 0.264 e. The number of rotatable bonds is 8. The van der Waals surface area contributed by atoms with E-state index in [4.69, 9.17) is 9.72 Å². The monoisotopic (exact) mass is 468 g/mol. The SMILES string of the molecule is CCCCc1nc(C2CC2)n(-c2ncc(OC)cn2)c(=O)c1Cc1ccc(Br)cc1. The Balaban J connectivity index is 1.85. The molecular weight excluding hydrogens is 444 g/mol. The molecular formula is C23H25BrN4O2. The number of unbranched alkanes of at least 4 members (excludes halogenated alkanes) is 1. The summed E-state index contributed by atoms with van der Waals surface area (Å²) in [5.41, 5.74) is 2.66. The third-order valence-electron chi connectivity index (χ3n) is 5.34. The molecule has 0 atom stereocenters. The maximum atomic E-state index is 13.7. The number of aromatic nitrogens is 4. The van der Waals surface area contributed by atoms with Crippen molar-refractivity contribution in [3.8, 4) is 11.7 Å². The molecule has 1 aliphatic rings. The smallest absolute Gasteiger partial charge is 0.264 e. The summed E-state index contributed by atoms with van der Waals surface area (Å²) in [6, 6.07) is 8.07. The van der Waals surface area contributed by atoms with Gasteiger partial charge in [-0.3, -0.25) is 4.79 Å². The van der Waals surface area contributed by atoms with Crippen LogP contribution in [0.3, 0.4) is 0 Å². The van der Waals surface area contributed by atoms with Crippen molar-refractivity contribution in [2.45, 2.75) is 51.4 Å². The highest BCUT2D eigenvalue weighted by Gasteiger charge is 2.31. The van der Waals surface area contributed by atoms with Crippen molar-refractivity contribution in [3.05, 3.63) is 74.1 Å². The fourth-order valence-electron chi connectivity index (χ4n) is 3.49. The van der Waals surface area contributed by atoms with Crippen LogP contribution in [0, 0.1) is 0 Å². The van der Waals surface area contributed by atoms with E-state index in [1.165, 1.54) is 0 Å². The minimum atomic E-state index is -0.0638. The quantitative estimate of drug-likeness (QED) is 0.482. The molecule has 1 aliphatic carbocycles. The molecule has 156 valence electrons. The Labute approximate surface area is 184 Å². The lowest BCUT2D eigenvalue weighted by Gasteiger charge is -2.16. The summed E-state index contributed by atoms with van der Waals surface area (Å²) in [4.78, 5) is 27.5. The molecule has 2 heterocycles. The second-order valence-corrected chi connectivity index (χ2v) is 8.56. The highest BCUT2D eigenvalue weighted by atomic mass is 79.9. The Bertz CT molecular complexity index is 1070. The van der Waals surface area contributed by atoms with E-state index in [0.717, 1.165) is 59.2 Å². The average Bonchev–Trinajstić information content (AvgIpc) is 3.61. The first-order valence-corrected chi connectivity index (χ1v) is 11.2. The zero-order chi connectivity index (χ0) is 21.1. The number of hydrogen-bond donors (Lipinski definition) is 0. The Morgan fingerprint density at radius 1 is 1.17 bits per heavy atom. The van der Waals surface area contributed by atoms with E-state index in [0.29, 0.717) is 24.0 Å². The normalized spacial score (nSPS) is 13.4. The summed E-state index contributed by atoms with van der Waals surface area (Å²) < 4.78 is 7.80. The Kier molecular flexibility index (Phi) is 6.27. The van der Waals surface area contributed by atoms with Gasteiger partial charge in [0.1, 0.15) is 5.82 Å². The van der Waals surface area contributed by atoms with Crippen molar-refractivity contribution >= 4 is 15.9 Å². The number of benzene rings is 1. The first kappa shape index (κ1) is 20.7. The molecule has 1 fully saturated rings. The first-order valence-electron chi connectivity index (χ1n) is 10.4. The largest absolute Gasteiger partial charge is 0.494 e. The topological polar surface area (TPSA) is 69.9 Å². The number of halogens is 1. The number of nitrogens with zero attached hydrogens (tertiary/aromatic N) is 4. The molecule has 1 saturated carbocycles. The van der Waals surface area contributed by atoms with Crippen LogP contribution in [0.25, 0.3) is 5.95 Å². The van der Waals surface area contributed by atoms with Crippen LogP contribution in [-0.2, 0) is 12.8 Å².